The van der Waals surface area contributed by atoms with E-state index in [1.165, 1.54) is 23.7 Å². The van der Waals surface area contributed by atoms with Crippen molar-refractivity contribution in [2.45, 2.75) is 32.5 Å². The maximum atomic E-state index is 14.5. The number of carbonyl (C=O) groups excluding carboxylic acids is 1. The lowest BCUT2D eigenvalue weighted by Gasteiger charge is -2.26. The molecule has 2 heterocycles. The molecule has 10 heteroatoms. The number of halogens is 2. The molecule has 1 saturated carbocycles. The van der Waals surface area contributed by atoms with Gasteiger partial charge < -0.3 is 15.7 Å². The number of aliphatic hydroxyl groups is 1. The van der Waals surface area contributed by atoms with Crippen molar-refractivity contribution in [3.05, 3.63) is 59.4 Å². The van der Waals surface area contributed by atoms with Crippen LogP contribution in [0.3, 0.4) is 0 Å². The lowest BCUT2D eigenvalue weighted by molar-refractivity contribution is 0.100. The summed E-state index contributed by atoms with van der Waals surface area (Å²) in [5.74, 6) is -1.13. The van der Waals surface area contributed by atoms with Gasteiger partial charge in [-0.1, -0.05) is 18.2 Å². The number of nitrogens with zero attached hydrogens (tertiary/aromatic N) is 5. The highest BCUT2D eigenvalue weighted by Gasteiger charge is 2.48. The Balaban J connectivity index is 1.66. The Morgan fingerprint density at radius 1 is 1.31 bits per heavy atom. The number of aliphatic hydroxyl groups excluding tert-OH is 1. The molecule has 1 aliphatic carbocycles. The van der Waals surface area contributed by atoms with Crippen molar-refractivity contribution in [1.29, 1.82) is 0 Å². The summed E-state index contributed by atoms with van der Waals surface area (Å²) in [6.45, 7) is 1.77. The molecule has 0 saturated heterocycles. The summed E-state index contributed by atoms with van der Waals surface area (Å²) in [5.41, 5.74) is 6.09. The van der Waals surface area contributed by atoms with Crippen LogP contribution in [0.15, 0.2) is 36.5 Å². The molecule has 0 bridgehead atoms. The Hall–Kier alpha value is -3.24. The van der Waals surface area contributed by atoms with E-state index in [4.69, 9.17) is 5.73 Å². The standard InChI is InChI=1S/C22H24F2N6O2/c1-13(31)18-9-17(28-30(18)11-14-5-3-4-6-15(14)23)19-26-10-16(24)20(27-19)29(2)12-22(7-8-22)21(25)32/h3-6,9-10,21,32H,7-8,11-12,25H2,1-2H3. The summed E-state index contributed by atoms with van der Waals surface area (Å²) in [5, 5.41) is 14.2. The van der Waals surface area contributed by atoms with Crippen LogP contribution in [-0.4, -0.2) is 50.5 Å². The van der Waals surface area contributed by atoms with Crippen molar-refractivity contribution >= 4 is 11.6 Å². The van der Waals surface area contributed by atoms with Gasteiger partial charge in [-0.2, -0.15) is 5.10 Å². The maximum absolute atomic E-state index is 14.5. The fourth-order valence-corrected chi connectivity index (χ4v) is 3.72. The van der Waals surface area contributed by atoms with Gasteiger partial charge in [-0.15, -0.1) is 0 Å². The zero-order valence-corrected chi connectivity index (χ0v) is 17.8. The van der Waals surface area contributed by atoms with Gasteiger partial charge in [0.1, 0.15) is 23.4 Å². The van der Waals surface area contributed by atoms with Crippen molar-refractivity contribution in [2.75, 3.05) is 18.5 Å². The van der Waals surface area contributed by atoms with Gasteiger partial charge in [-0.3, -0.25) is 9.48 Å². The van der Waals surface area contributed by atoms with Gasteiger partial charge in [0.25, 0.3) is 0 Å². The highest BCUT2D eigenvalue weighted by Crippen LogP contribution is 2.48. The number of benzene rings is 1. The fraction of sp³-hybridized carbons (Fsp3) is 0.364. The molecule has 2 aromatic heterocycles. The van der Waals surface area contributed by atoms with Crippen molar-refractivity contribution in [3.63, 3.8) is 0 Å². The van der Waals surface area contributed by atoms with Gasteiger partial charge in [0.05, 0.1) is 12.7 Å². The van der Waals surface area contributed by atoms with Crippen LogP contribution < -0.4 is 10.6 Å². The largest absolute Gasteiger partial charge is 0.378 e. The first kappa shape index (κ1) is 22.0. The third kappa shape index (κ3) is 4.23. The molecule has 168 valence electrons. The van der Waals surface area contributed by atoms with Gasteiger partial charge in [0.2, 0.25) is 0 Å². The summed E-state index contributed by atoms with van der Waals surface area (Å²) in [6, 6.07) is 7.74. The van der Waals surface area contributed by atoms with Gasteiger partial charge in [0, 0.05) is 31.5 Å². The van der Waals surface area contributed by atoms with E-state index < -0.39 is 23.3 Å². The van der Waals surface area contributed by atoms with Crippen LogP contribution in [0.4, 0.5) is 14.6 Å². The first-order valence-corrected chi connectivity index (χ1v) is 10.2. The molecule has 1 aromatic carbocycles. The first-order valence-electron chi connectivity index (χ1n) is 10.2. The lowest BCUT2D eigenvalue weighted by atomic mass is 10.1. The van der Waals surface area contributed by atoms with Crippen LogP contribution in [0.25, 0.3) is 11.5 Å². The van der Waals surface area contributed by atoms with Gasteiger partial charge in [-0.05, 0) is 25.0 Å². The first-order chi connectivity index (χ1) is 15.2. The Bertz CT molecular complexity index is 1160. The summed E-state index contributed by atoms with van der Waals surface area (Å²) >= 11 is 0. The van der Waals surface area contributed by atoms with E-state index in [-0.39, 0.29) is 35.4 Å². The second-order valence-electron chi connectivity index (χ2n) is 8.25. The number of anilines is 1. The van der Waals surface area contributed by atoms with Crippen molar-refractivity contribution in [1.82, 2.24) is 19.7 Å². The topological polar surface area (TPSA) is 110 Å². The number of Topliss-reactive ketones (excluding diaryl/α,β-unsaturated/α-hetero) is 1. The second kappa shape index (κ2) is 8.36. The average molecular weight is 442 g/mol. The summed E-state index contributed by atoms with van der Waals surface area (Å²) in [7, 11) is 1.66. The predicted molar refractivity (Wildman–Crippen MR) is 114 cm³/mol. The molecule has 1 fully saturated rings. The van der Waals surface area contributed by atoms with E-state index in [0.717, 1.165) is 19.0 Å². The minimum atomic E-state index is -0.999. The molecule has 1 unspecified atom stereocenters. The molecule has 3 aromatic rings. The van der Waals surface area contributed by atoms with E-state index in [1.54, 1.807) is 30.1 Å². The lowest BCUT2D eigenvalue weighted by Crippen LogP contribution is -2.40. The van der Waals surface area contributed by atoms with Crippen LogP contribution in [0.2, 0.25) is 0 Å². The van der Waals surface area contributed by atoms with E-state index in [9.17, 15) is 18.7 Å². The highest BCUT2D eigenvalue weighted by atomic mass is 19.1. The van der Waals surface area contributed by atoms with Crippen LogP contribution in [0.5, 0.6) is 0 Å². The number of rotatable bonds is 8. The molecule has 3 N–H and O–H groups in total. The van der Waals surface area contributed by atoms with Crippen LogP contribution in [0, 0.1) is 17.0 Å². The second-order valence-corrected chi connectivity index (χ2v) is 8.25. The van der Waals surface area contributed by atoms with E-state index in [2.05, 4.69) is 15.1 Å². The van der Waals surface area contributed by atoms with Crippen molar-refractivity contribution in [2.24, 2.45) is 11.1 Å². The van der Waals surface area contributed by atoms with Crippen LogP contribution in [-0.2, 0) is 6.54 Å². The van der Waals surface area contributed by atoms with E-state index in [0.29, 0.717) is 12.1 Å². The minimum Gasteiger partial charge on any atom is -0.378 e. The number of nitrogens with two attached hydrogens (primary N) is 1. The van der Waals surface area contributed by atoms with Gasteiger partial charge in [0.15, 0.2) is 23.2 Å². The van der Waals surface area contributed by atoms with Gasteiger partial charge >= 0.3 is 0 Å². The Labute approximate surface area is 183 Å². The SMILES string of the molecule is CC(=O)c1cc(-c2ncc(F)c(N(C)CC3(C(N)O)CC3)n2)nn1Cc1ccccc1F. The third-order valence-electron chi connectivity index (χ3n) is 5.81. The Kier molecular flexibility index (Phi) is 5.74. The summed E-state index contributed by atoms with van der Waals surface area (Å²) in [4.78, 5) is 22.1. The zero-order valence-electron chi connectivity index (χ0n) is 17.8. The number of hydrogen-bond acceptors (Lipinski definition) is 7. The Morgan fingerprint density at radius 2 is 2.03 bits per heavy atom. The number of carbonyl (C=O) groups is 1. The molecule has 0 radical (unpaired) electrons. The molecular weight excluding hydrogens is 418 g/mol. The fourth-order valence-electron chi connectivity index (χ4n) is 3.72. The zero-order chi connectivity index (χ0) is 23.0. The highest BCUT2D eigenvalue weighted by molar-refractivity contribution is 5.93. The molecule has 0 spiro atoms. The van der Waals surface area contributed by atoms with E-state index in [1.807, 2.05) is 0 Å². The minimum absolute atomic E-state index is 0.0370. The molecule has 1 aliphatic rings. The van der Waals surface area contributed by atoms with Crippen molar-refractivity contribution < 1.29 is 18.7 Å². The normalized spacial score (nSPS) is 15.4. The van der Waals surface area contributed by atoms with Crippen LogP contribution in [0.1, 0.15) is 35.8 Å². The predicted octanol–water partition coefficient (Wildman–Crippen LogP) is 2.36. The monoisotopic (exact) mass is 442 g/mol. The number of hydrogen-bond donors (Lipinski definition) is 2. The number of aromatic nitrogens is 4. The Morgan fingerprint density at radius 3 is 2.66 bits per heavy atom. The quantitative estimate of drug-likeness (QED) is 0.407. The summed E-state index contributed by atoms with van der Waals surface area (Å²) < 4.78 is 30.0. The molecule has 8 nitrogen and oxygen atoms in total. The molecule has 4 rings (SSSR count). The molecule has 32 heavy (non-hydrogen) atoms. The third-order valence-corrected chi connectivity index (χ3v) is 5.81. The maximum Gasteiger partial charge on any atom is 0.183 e. The molecular formula is C22H24F2N6O2. The smallest absolute Gasteiger partial charge is 0.183 e. The summed E-state index contributed by atoms with van der Waals surface area (Å²) in [6.07, 6.45) is 1.53. The molecule has 0 amide bonds. The van der Waals surface area contributed by atoms with Gasteiger partial charge in [-0.25, -0.2) is 18.7 Å². The molecule has 1 atom stereocenters. The number of ketones is 1. The van der Waals surface area contributed by atoms with Crippen molar-refractivity contribution in [3.8, 4) is 11.5 Å². The average Bonchev–Trinajstić information content (AvgIpc) is 3.41. The van der Waals surface area contributed by atoms with Crippen LogP contribution >= 0.6 is 0 Å². The van der Waals surface area contributed by atoms with E-state index >= 15 is 0 Å². The molecule has 0 aliphatic heterocycles.